The Labute approximate surface area is 86.0 Å². The lowest BCUT2D eigenvalue weighted by Gasteiger charge is -2.36. The second-order valence-corrected chi connectivity index (χ2v) is 4.34. The highest BCUT2D eigenvalue weighted by Crippen LogP contribution is 2.40. The smallest absolute Gasteiger partial charge is 0.114 e. The van der Waals surface area contributed by atoms with Gasteiger partial charge in [0.2, 0.25) is 0 Å². The van der Waals surface area contributed by atoms with Crippen LogP contribution in [0.1, 0.15) is 40.0 Å². The highest BCUT2D eigenvalue weighted by atomic mass is 16.3. The average molecular weight is 196 g/mol. The predicted molar refractivity (Wildman–Crippen MR) is 58.1 cm³/mol. The van der Waals surface area contributed by atoms with Gasteiger partial charge in [0.05, 0.1) is 6.10 Å². The third-order valence-electron chi connectivity index (χ3n) is 3.38. The van der Waals surface area contributed by atoms with Crippen LogP contribution in [0.15, 0.2) is 23.5 Å². The van der Waals surface area contributed by atoms with Crippen LogP contribution in [0.5, 0.6) is 0 Å². The van der Waals surface area contributed by atoms with Gasteiger partial charge in [0.25, 0.3) is 0 Å². The van der Waals surface area contributed by atoms with Crippen molar-refractivity contribution >= 4 is 0 Å². The van der Waals surface area contributed by atoms with E-state index in [-0.39, 0.29) is 5.41 Å². The summed E-state index contributed by atoms with van der Waals surface area (Å²) in [5.74, 6) is 0.314. The van der Waals surface area contributed by atoms with Crippen LogP contribution in [-0.4, -0.2) is 16.3 Å². The number of allylic oxidation sites excluding steroid dienone is 1. The molecule has 14 heavy (non-hydrogen) atoms. The Morgan fingerprint density at radius 2 is 2.14 bits per heavy atom. The number of aliphatic hydroxyl groups excluding tert-OH is 2. The highest BCUT2D eigenvalue weighted by Gasteiger charge is 2.36. The fourth-order valence-corrected chi connectivity index (χ4v) is 1.91. The summed E-state index contributed by atoms with van der Waals surface area (Å²) in [5.41, 5.74) is 0.621. The molecule has 0 fully saturated rings. The molecule has 2 unspecified atom stereocenters. The number of unbranched alkanes of at least 4 members (excludes halogenated alkanes) is 1. The van der Waals surface area contributed by atoms with E-state index in [0.29, 0.717) is 5.76 Å². The van der Waals surface area contributed by atoms with Crippen molar-refractivity contribution in [2.24, 2.45) is 5.41 Å². The number of aliphatic hydroxyl groups is 2. The first-order chi connectivity index (χ1) is 6.52. The van der Waals surface area contributed by atoms with E-state index in [1.807, 2.05) is 13.8 Å². The molecule has 1 rings (SSSR count). The zero-order chi connectivity index (χ0) is 10.8. The van der Waals surface area contributed by atoms with Crippen LogP contribution in [0.4, 0.5) is 0 Å². The lowest BCUT2D eigenvalue weighted by atomic mass is 9.71. The highest BCUT2D eigenvalue weighted by molar-refractivity contribution is 5.31. The molecule has 0 spiro atoms. The monoisotopic (exact) mass is 196 g/mol. The van der Waals surface area contributed by atoms with E-state index in [0.717, 1.165) is 24.8 Å². The molecular weight excluding hydrogens is 176 g/mol. The van der Waals surface area contributed by atoms with Gasteiger partial charge in [0.1, 0.15) is 5.76 Å². The molecule has 1 aliphatic carbocycles. The summed E-state index contributed by atoms with van der Waals surface area (Å²) in [5, 5.41) is 19.5. The van der Waals surface area contributed by atoms with Crippen molar-refractivity contribution in [3.05, 3.63) is 23.5 Å². The SMILES string of the molecule is CCCCC1(C)C(C)=C(O)C=CC1O. The first-order valence-electron chi connectivity index (χ1n) is 5.29. The van der Waals surface area contributed by atoms with Crippen LogP contribution in [0.3, 0.4) is 0 Å². The molecule has 0 aromatic heterocycles. The zero-order valence-electron chi connectivity index (χ0n) is 9.25. The summed E-state index contributed by atoms with van der Waals surface area (Å²) < 4.78 is 0. The van der Waals surface area contributed by atoms with Gasteiger partial charge in [-0.15, -0.1) is 0 Å². The number of hydrogen-bond acceptors (Lipinski definition) is 2. The molecule has 0 bridgehead atoms. The van der Waals surface area contributed by atoms with Gasteiger partial charge in [0.15, 0.2) is 0 Å². The molecule has 2 nitrogen and oxygen atoms in total. The van der Waals surface area contributed by atoms with E-state index in [4.69, 9.17) is 0 Å². The molecule has 1 aliphatic rings. The van der Waals surface area contributed by atoms with Gasteiger partial charge in [-0.3, -0.25) is 0 Å². The van der Waals surface area contributed by atoms with Gasteiger partial charge in [-0.1, -0.05) is 32.8 Å². The molecule has 2 atom stereocenters. The van der Waals surface area contributed by atoms with Crippen molar-refractivity contribution in [3.63, 3.8) is 0 Å². The summed E-state index contributed by atoms with van der Waals surface area (Å²) in [7, 11) is 0. The average Bonchev–Trinajstić information content (AvgIpc) is 2.18. The van der Waals surface area contributed by atoms with E-state index in [2.05, 4.69) is 6.92 Å². The summed E-state index contributed by atoms with van der Waals surface area (Å²) in [6.45, 7) is 6.05. The van der Waals surface area contributed by atoms with Crippen molar-refractivity contribution in [3.8, 4) is 0 Å². The molecular formula is C12H20O2. The summed E-state index contributed by atoms with van der Waals surface area (Å²) in [6.07, 6.45) is 5.91. The van der Waals surface area contributed by atoms with Crippen LogP contribution < -0.4 is 0 Å². The van der Waals surface area contributed by atoms with Gasteiger partial charge in [0, 0.05) is 5.41 Å². The molecule has 0 amide bonds. The molecule has 0 aromatic rings. The summed E-state index contributed by atoms with van der Waals surface area (Å²) in [4.78, 5) is 0. The van der Waals surface area contributed by atoms with Crippen molar-refractivity contribution in [2.75, 3.05) is 0 Å². The van der Waals surface area contributed by atoms with Crippen molar-refractivity contribution < 1.29 is 10.2 Å². The Morgan fingerprint density at radius 3 is 2.71 bits per heavy atom. The quantitative estimate of drug-likeness (QED) is 0.728. The number of rotatable bonds is 3. The minimum Gasteiger partial charge on any atom is -0.508 e. The second-order valence-electron chi connectivity index (χ2n) is 4.34. The summed E-state index contributed by atoms with van der Waals surface area (Å²) in [6, 6.07) is 0. The largest absolute Gasteiger partial charge is 0.508 e. The van der Waals surface area contributed by atoms with E-state index in [9.17, 15) is 10.2 Å². The third kappa shape index (κ3) is 1.85. The van der Waals surface area contributed by atoms with Crippen molar-refractivity contribution in [1.82, 2.24) is 0 Å². The van der Waals surface area contributed by atoms with Crippen LogP contribution >= 0.6 is 0 Å². The van der Waals surface area contributed by atoms with Gasteiger partial charge in [-0.2, -0.15) is 0 Å². The molecule has 80 valence electrons. The molecule has 0 radical (unpaired) electrons. The normalized spacial score (nSPS) is 32.4. The van der Waals surface area contributed by atoms with Gasteiger partial charge in [-0.05, 0) is 25.0 Å². The maximum Gasteiger partial charge on any atom is 0.114 e. The van der Waals surface area contributed by atoms with E-state index in [1.165, 1.54) is 0 Å². The first-order valence-corrected chi connectivity index (χ1v) is 5.29. The maximum atomic E-state index is 9.91. The Hall–Kier alpha value is -0.760. The Morgan fingerprint density at radius 1 is 1.50 bits per heavy atom. The standard InChI is InChI=1S/C12H20O2/c1-4-5-8-12(3)9(2)10(13)6-7-11(12)14/h6-7,11,13-14H,4-5,8H2,1-3H3. The van der Waals surface area contributed by atoms with Crippen LogP contribution in [0, 0.1) is 5.41 Å². The van der Waals surface area contributed by atoms with E-state index in [1.54, 1.807) is 12.2 Å². The fourth-order valence-electron chi connectivity index (χ4n) is 1.91. The second kappa shape index (κ2) is 4.18. The van der Waals surface area contributed by atoms with E-state index < -0.39 is 6.10 Å². The van der Waals surface area contributed by atoms with Crippen molar-refractivity contribution in [2.45, 2.75) is 46.1 Å². The van der Waals surface area contributed by atoms with Gasteiger partial charge >= 0.3 is 0 Å². The lowest BCUT2D eigenvalue weighted by molar-refractivity contribution is 0.0874. The van der Waals surface area contributed by atoms with Crippen LogP contribution in [-0.2, 0) is 0 Å². The molecule has 0 saturated heterocycles. The Bertz CT molecular complexity index is 265. The Balaban J connectivity index is 2.89. The molecule has 0 heterocycles. The van der Waals surface area contributed by atoms with E-state index >= 15 is 0 Å². The predicted octanol–water partition coefficient (Wildman–Crippen LogP) is 2.95. The fraction of sp³-hybridized carbons (Fsp3) is 0.667. The topological polar surface area (TPSA) is 40.5 Å². The van der Waals surface area contributed by atoms with Gasteiger partial charge in [-0.25, -0.2) is 0 Å². The summed E-state index contributed by atoms with van der Waals surface area (Å²) >= 11 is 0. The number of hydrogen-bond donors (Lipinski definition) is 2. The van der Waals surface area contributed by atoms with Gasteiger partial charge < -0.3 is 10.2 Å². The molecule has 2 heteroatoms. The first kappa shape index (κ1) is 11.3. The minimum atomic E-state index is -0.468. The maximum absolute atomic E-state index is 9.91. The molecule has 2 N–H and O–H groups in total. The zero-order valence-corrected chi connectivity index (χ0v) is 9.25. The van der Waals surface area contributed by atoms with Crippen LogP contribution in [0.2, 0.25) is 0 Å². The molecule has 0 aromatic carbocycles. The lowest BCUT2D eigenvalue weighted by Crippen LogP contribution is -2.34. The van der Waals surface area contributed by atoms with Crippen molar-refractivity contribution in [1.29, 1.82) is 0 Å². The molecule has 0 saturated carbocycles. The Kier molecular flexibility index (Phi) is 3.38. The third-order valence-corrected chi connectivity index (χ3v) is 3.38. The molecule has 0 aliphatic heterocycles. The van der Waals surface area contributed by atoms with Crippen LogP contribution in [0.25, 0.3) is 0 Å². The minimum absolute atomic E-state index is 0.283.